The Bertz CT molecular complexity index is 802. The molecule has 2 aromatic rings. The average molecular weight is 419 g/mol. The highest BCUT2D eigenvalue weighted by molar-refractivity contribution is 5.28. The monoisotopic (exact) mass is 418 g/mol. The first-order valence-corrected chi connectivity index (χ1v) is 10.2. The van der Waals surface area contributed by atoms with E-state index in [1.165, 1.54) is 24.3 Å². The van der Waals surface area contributed by atoms with Crippen LogP contribution in [0.2, 0.25) is 0 Å². The lowest BCUT2D eigenvalue weighted by molar-refractivity contribution is -0.140. The maximum atomic E-state index is 13.0. The van der Waals surface area contributed by atoms with E-state index in [2.05, 4.69) is 9.80 Å². The van der Waals surface area contributed by atoms with Gasteiger partial charge in [-0.25, -0.2) is 4.39 Å². The topological polar surface area (TPSA) is 65.4 Å². The van der Waals surface area contributed by atoms with Crippen molar-refractivity contribution in [2.24, 2.45) is 0 Å². The number of benzene rings is 2. The van der Waals surface area contributed by atoms with Crippen molar-refractivity contribution in [2.75, 3.05) is 46.9 Å². The fourth-order valence-corrected chi connectivity index (χ4v) is 3.50. The van der Waals surface area contributed by atoms with E-state index < -0.39 is 11.7 Å². The summed E-state index contributed by atoms with van der Waals surface area (Å²) < 4.78 is 24.5. The highest BCUT2D eigenvalue weighted by Gasteiger charge is 2.42. The van der Waals surface area contributed by atoms with Crippen molar-refractivity contribution in [3.05, 3.63) is 59.9 Å². The van der Waals surface area contributed by atoms with Crippen molar-refractivity contribution in [3.63, 3.8) is 0 Å². The summed E-state index contributed by atoms with van der Waals surface area (Å²) in [7, 11) is 4.01. The van der Waals surface area contributed by atoms with E-state index in [9.17, 15) is 14.6 Å². The maximum Gasteiger partial charge on any atom is 0.137 e. The number of likely N-dealkylation sites (N-methyl/N-ethyl adjacent to an activating group) is 1. The number of piperidine rings is 1. The Hall–Kier alpha value is -2.19. The van der Waals surface area contributed by atoms with Crippen LogP contribution in [0.3, 0.4) is 0 Å². The number of halogens is 1. The molecule has 1 aliphatic rings. The first-order valence-electron chi connectivity index (χ1n) is 10.2. The number of hydrogen-bond acceptors (Lipinski definition) is 6. The molecule has 0 bridgehead atoms. The van der Waals surface area contributed by atoms with Gasteiger partial charge in [0.15, 0.2) is 0 Å². The highest BCUT2D eigenvalue weighted by Crippen LogP contribution is 2.25. The van der Waals surface area contributed by atoms with Gasteiger partial charge in [0.05, 0.1) is 6.10 Å². The van der Waals surface area contributed by atoms with Crippen LogP contribution in [-0.2, 0) is 6.54 Å². The molecule has 1 aliphatic heterocycles. The zero-order chi connectivity index (χ0) is 21.6. The summed E-state index contributed by atoms with van der Waals surface area (Å²) >= 11 is 0. The molecule has 3 rings (SSSR count). The smallest absolute Gasteiger partial charge is 0.137 e. The van der Waals surface area contributed by atoms with E-state index in [0.29, 0.717) is 31.9 Å². The summed E-state index contributed by atoms with van der Waals surface area (Å²) in [5.41, 5.74) is -0.317. The van der Waals surface area contributed by atoms with Crippen molar-refractivity contribution >= 4 is 0 Å². The Morgan fingerprint density at radius 1 is 1.13 bits per heavy atom. The van der Waals surface area contributed by atoms with E-state index in [1.54, 1.807) is 0 Å². The summed E-state index contributed by atoms with van der Waals surface area (Å²) in [6.07, 6.45) is -0.433. The lowest BCUT2D eigenvalue weighted by atomic mass is 9.90. The van der Waals surface area contributed by atoms with Gasteiger partial charge in [-0.3, -0.25) is 4.90 Å². The van der Waals surface area contributed by atoms with E-state index >= 15 is 0 Å². The molecule has 0 aliphatic carbocycles. The van der Waals surface area contributed by atoms with Gasteiger partial charge in [0, 0.05) is 26.2 Å². The first kappa shape index (κ1) is 22.5. The van der Waals surface area contributed by atoms with Crippen molar-refractivity contribution in [1.82, 2.24) is 9.80 Å². The fraction of sp³-hybridized carbons (Fsp3) is 0.478. The number of rotatable bonds is 9. The molecule has 164 valence electrons. The third-order valence-electron chi connectivity index (χ3n) is 5.25. The Morgan fingerprint density at radius 3 is 2.63 bits per heavy atom. The van der Waals surface area contributed by atoms with Crippen molar-refractivity contribution < 1.29 is 24.1 Å². The van der Waals surface area contributed by atoms with Crippen molar-refractivity contribution in [3.8, 4) is 11.5 Å². The van der Waals surface area contributed by atoms with Crippen LogP contribution in [0.15, 0.2) is 48.5 Å². The number of nitrogens with zero attached hydrogens (tertiary/aromatic N) is 2. The third kappa shape index (κ3) is 6.40. The van der Waals surface area contributed by atoms with Crippen LogP contribution in [-0.4, -0.2) is 78.7 Å². The lowest BCUT2D eigenvalue weighted by Gasteiger charge is -2.42. The number of hydrogen-bond donors (Lipinski definition) is 2. The minimum atomic E-state index is -1.40. The van der Waals surface area contributed by atoms with Crippen LogP contribution in [0.25, 0.3) is 0 Å². The zero-order valence-corrected chi connectivity index (χ0v) is 17.6. The van der Waals surface area contributed by atoms with Crippen LogP contribution in [0.4, 0.5) is 4.39 Å². The molecular formula is C23H31FN2O4. The van der Waals surface area contributed by atoms with Crippen LogP contribution in [0.1, 0.15) is 12.0 Å². The molecule has 1 saturated heterocycles. The number of aliphatic hydroxyl groups is 2. The number of likely N-dealkylation sites (tertiary alicyclic amines) is 1. The maximum absolute atomic E-state index is 13.0. The first-order chi connectivity index (χ1) is 14.3. The Labute approximate surface area is 177 Å². The Kier molecular flexibility index (Phi) is 7.66. The average Bonchev–Trinajstić information content (AvgIpc) is 2.71. The van der Waals surface area contributed by atoms with Gasteiger partial charge in [-0.15, -0.1) is 0 Å². The number of aliphatic hydroxyl groups excluding tert-OH is 1. The van der Waals surface area contributed by atoms with Crippen LogP contribution in [0, 0.1) is 5.82 Å². The van der Waals surface area contributed by atoms with Gasteiger partial charge in [-0.2, -0.15) is 0 Å². The van der Waals surface area contributed by atoms with Crippen LogP contribution < -0.4 is 9.47 Å². The molecule has 0 spiro atoms. The second-order valence-corrected chi connectivity index (χ2v) is 8.16. The molecule has 2 N–H and O–H groups in total. The minimum Gasteiger partial charge on any atom is -0.492 e. The summed E-state index contributed by atoms with van der Waals surface area (Å²) in [6, 6.07) is 13.6. The van der Waals surface area contributed by atoms with Gasteiger partial charge in [0.1, 0.15) is 36.1 Å². The SMILES string of the molecule is CN(C)CCOc1cccc(CN2CC[C@H](O)[C@@](O)(COc3ccc(F)cc3)C2)c1. The number of ether oxygens (including phenoxy) is 2. The summed E-state index contributed by atoms with van der Waals surface area (Å²) in [4.78, 5) is 4.16. The molecule has 6 nitrogen and oxygen atoms in total. The predicted molar refractivity (Wildman–Crippen MR) is 113 cm³/mol. The minimum absolute atomic E-state index is 0.0655. The molecule has 0 saturated carbocycles. The molecule has 0 radical (unpaired) electrons. The normalized spacial score (nSPS) is 22.3. The van der Waals surface area contributed by atoms with Crippen LogP contribution in [0.5, 0.6) is 11.5 Å². The second kappa shape index (κ2) is 10.2. The molecule has 0 aromatic heterocycles. The van der Waals surface area contributed by atoms with E-state index in [-0.39, 0.29) is 19.0 Å². The standard InChI is InChI=1S/C23H31FN2O4/c1-25(2)12-13-29-21-5-3-4-18(14-21)15-26-11-10-22(27)23(28,16-26)17-30-20-8-6-19(24)7-9-20/h3-9,14,22,27-28H,10-13,15-17H2,1-2H3/t22-,23-/m0/s1. The molecule has 2 atom stereocenters. The van der Waals surface area contributed by atoms with E-state index in [1.807, 2.05) is 38.4 Å². The molecular weight excluding hydrogens is 387 g/mol. The largest absolute Gasteiger partial charge is 0.492 e. The zero-order valence-electron chi connectivity index (χ0n) is 17.6. The van der Waals surface area contributed by atoms with Crippen molar-refractivity contribution in [2.45, 2.75) is 24.7 Å². The molecule has 2 aromatic carbocycles. The Morgan fingerprint density at radius 2 is 1.90 bits per heavy atom. The Balaban J connectivity index is 1.57. The van der Waals surface area contributed by atoms with Gasteiger partial charge in [0.25, 0.3) is 0 Å². The lowest BCUT2D eigenvalue weighted by Crippen LogP contribution is -2.59. The third-order valence-corrected chi connectivity index (χ3v) is 5.25. The van der Waals surface area contributed by atoms with E-state index in [0.717, 1.165) is 17.9 Å². The van der Waals surface area contributed by atoms with E-state index in [4.69, 9.17) is 9.47 Å². The molecule has 1 heterocycles. The molecule has 0 unspecified atom stereocenters. The fourth-order valence-electron chi connectivity index (χ4n) is 3.50. The van der Waals surface area contributed by atoms with Gasteiger partial charge >= 0.3 is 0 Å². The highest BCUT2D eigenvalue weighted by atomic mass is 19.1. The molecule has 30 heavy (non-hydrogen) atoms. The van der Waals surface area contributed by atoms with Gasteiger partial charge in [0.2, 0.25) is 0 Å². The van der Waals surface area contributed by atoms with Crippen LogP contribution >= 0.6 is 0 Å². The van der Waals surface area contributed by atoms with Crippen molar-refractivity contribution in [1.29, 1.82) is 0 Å². The molecule has 0 amide bonds. The summed E-state index contributed by atoms with van der Waals surface area (Å²) in [5.74, 6) is 0.927. The van der Waals surface area contributed by atoms with Gasteiger partial charge < -0.3 is 24.6 Å². The molecule has 7 heteroatoms. The number of β-amino-alcohol motifs (C(OH)–C–C–N with tert-alkyl or cyclic N) is 1. The molecule has 1 fully saturated rings. The second-order valence-electron chi connectivity index (χ2n) is 8.16. The summed E-state index contributed by atoms with van der Waals surface area (Å²) in [5, 5.41) is 21.4. The predicted octanol–water partition coefficient (Wildman–Crippen LogP) is 2.14. The quantitative estimate of drug-likeness (QED) is 0.651. The van der Waals surface area contributed by atoms with Gasteiger partial charge in [-0.1, -0.05) is 12.1 Å². The summed E-state index contributed by atoms with van der Waals surface area (Å²) in [6.45, 7) is 2.98. The van der Waals surface area contributed by atoms with Gasteiger partial charge in [-0.05, 0) is 62.5 Å².